The summed E-state index contributed by atoms with van der Waals surface area (Å²) in [5, 5.41) is 3.44. The normalized spacial score (nSPS) is 25.3. The van der Waals surface area contributed by atoms with Crippen LogP contribution in [-0.2, 0) is 16.6 Å². The largest absolute Gasteiger partial charge is 0.357 e. The Balaban J connectivity index is 0.00000289. The second-order valence-corrected chi connectivity index (χ2v) is 11.1. The number of sulfonamides is 1. The van der Waals surface area contributed by atoms with Crippen molar-refractivity contribution in [2.45, 2.75) is 44.0 Å². The molecule has 0 aromatic heterocycles. The number of halogens is 1. The van der Waals surface area contributed by atoms with E-state index < -0.39 is 10.0 Å². The minimum Gasteiger partial charge on any atom is -0.357 e. The number of piperazine rings is 1. The predicted octanol–water partition coefficient (Wildman–Crippen LogP) is 2.83. The summed E-state index contributed by atoms with van der Waals surface area (Å²) in [7, 11) is -1.48. The highest BCUT2D eigenvalue weighted by Gasteiger charge is 2.35. The van der Waals surface area contributed by atoms with E-state index in [1.165, 1.54) is 25.7 Å². The molecule has 1 aromatic rings. The number of hydrogen-bond donors (Lipinski definition) is 1. The van der Waals surface area contributed by atoms with Crippen molar-refractivity contribution >= 4 is 40.0 Å². The lowest BCUT2D eigenvalue weighted by molar-refractivity contribution is 0.222. The smallest absolute Gasteiger partial charge is 0.243 e. The second-order valence-electron chi connectivity index (χ2n) is 9.19. The van der Waals surface area contributed by atoms with E-state index in [4.69, 9.17) is 4.99 Å². The lowest BCUT2D eigenvalue weighted by atomic mass is 9.82. The molecule has 1 saturated carbocycles. The molecule has 0 radical (unpaired) electrons. The molecular weight excluding hydrogens is 537 g/mol. The Morgan fingerprint density at radius 3 is 2.31 bits per heavy atom. The van der Waals surface area contributed by atoms with Gasteiger partial charge in [-0.3, -0.25) is 0 Å². The van der Waals surface area contributed by atoms with Crippen LogP contribution in [0.5, 0.6) is 0 Å². The molecule has 1 N–H and O–H groups in total. The van der Waals surface area contributed by atoms with Gasteiger partial charge in [-0.05, 0) is 50.3 Å². The van der Waals surface area contributed by atoms with Crippen molar-refractivity contribution in [3.05, 3.63) is 29.8 Å². The molecule has 0 spiro atoms. The molecule has 3 aliphatic rings. The van der Waals surface area contributed by atoms with E-state index >= 15 is 0 Å². The summed E-state index contributed by atoms with van der Waals surface area (Å²) in [6.45, 7) is 8.01. The first kappa shape index (κ1) is 25.7. The third kappa shape index (κ3) is 5.77. The van der Waals surface area contributed by atoms with Crippen LogP contribution in [0.3, 0.4) is 0 Å². The van der Waals surface area contributed by atoms with Gasteiger partial charge in [0.1, 0.15) is 0 Å². The number of likely N-dealkylation sites (N-methyl/N-ethyl adjacent to an activating group) is 1. The zero-order valence-corrected chi connectivity index (χ0v) is 22.5. The summed E-state index contributed by atoms with van der Waals surface area (Å²) in [5.74, 6) is 2.48. The standard InChI is InChI=1S/C23H37N5O2S.HI/c1-3-24-23(27-17-20-9-4-5-10-21(20)18-27)25-16-19-8-6-7-11-22(19)31(29,30)28-14-12-26(2)13-15-28;/h6-8,11,20-21H,3-5,9-10,12-18H2,1-2H3,(H,24,25);1H. The van der Waals surface area contributed by atoms with E-state index in [2.05, 4.69) is 22.0 Å². The topological polar surface area (TPSA) is 68.2 Å². The van der Waals surface area contributed by atoms with Crippen LogP contribution >= 0.6 is 24.0 Å². The fraction of sp³-hybridized carbons (Fsp3) is 0.696. The average Bonchev–Trinajstić information content (AvgIpc) is 3.21. The van der Waals surface area contributed by atoms with Crippen LogP contribution in [0.2, 0.25) is 0 Å². The van der Waals surface area contributed by atoms with Crippen molar-refractivity contribution in [2.24, 2.45) is 16.8 Å². The molecule has 9 heteroatoms. The Bertz CT molecular complexity index is 872. The number of nitrogens with one attached hydrogen (secondary N) is 1. The van der Waals surface area contributed by atoms with E-state index in [1.807, 2.05) is 25.2 Å². The monoisotopic (exact) mass is 575 g/mol. The first-order valence-electron chi connectivity index (χ1n) is 11.8. The predicted molar refractivity (Wildman–Crippen MR) is 140 cm³/mol. The van der Waals surface area contributed by atoms with E-state index in [0.29, 0.717) is 24.5 Å². The molecule has 1 aliphatic carbocycles. The fourth-order valence-electron chi connectivity index (χ4n) is 5.22. The average molecular weight is 576 g/mol. The molecule has 3 fully saturated rings. The Morgan fingerprint density at radius 2 is 1.69 bits per heavy atom. The maximum Gasteiger partial charge on any atom is 0.243 e. The third-order valence-electron chi connectivity index (χ3n) is 7.06. The molecular formula is C23H38IN5O2S. The number of rotatable bonds is 5. The van der Waals surface area contributed by atoms with Gasteiger partial charge < -0.3 is 15.1 Å². The van der Waals surface area contributed by atoms with Gasteiger partial charge >= 0.3 is 0 Å². The Labute approximate surface area is 210 Å². The van der Waals surface area contributed by atoms with Crippen LogP contribution < -0.4 is 5.32 Å². The van der Waals surface area contributed by atoms with E-state index in [9.17, 15) is 8.42 Å². The van der Waals surface area contributed by atoms with Crippen molar-refractivity contribution < 1.29 is 8.42 Å². The molecule has 2 heterocycles. The number of guanidine groups is 1. The van der Waals surface area contributed by atoms with Crippen molar-refractivity contribution in [2.75, 3.05) is 52.9 Å². The van der Waals surface area contributed by atoms with Crippen molar-refractivity contribution in [3.63, 3.8) is 0 Å². The summed E-state index contributed by atoms with van der Waals surface area (Å²) in [5.41, 5.74) is 0.772. The first-order chi connectivity index (χ1) is 15.0. The Morgan fingerprint density at radius 1 is 1.06 bits per heavy atom. The van der Waals surface area contributed by atoms with Crippen molar-refractivity contribution in [3.8, 4) is 0 Å². The fourth-order valence-corrected chi connectivity index (χ4v) is 6.85. The van der Waals surface area contributed by atoms with Gasteiger partial charge in [-0.15, -0.1) is 24.0 Å². The van der Waals surface area contributed by atoms with Crippen LogP contribution in [0.15, 0.2) is 34.2 Å². The van der Waals surface area contributed by atoms with Gasteiger partial charge in [-0.25, -0.2) is 13.4 Å². The zero-order chi connectivity index (χ0) is 21.8. The molecule has 2 unspecified atom stereocenters. The van der Waals surface area contributed by atoms with Crippen molar-refractivity contribution in [1.82, 2.24) is 19.4 Å². The lowest BCUT2D eigenvalue weighted by Crippen LogP contribution is -2.47. The van der Waals surface area contributed by atoms with E-state index in [0.717, 1.165) is 56.1 Å². The van der Waals surface area contributed by atoms with Gasteiger partial charge in [0.05, 0.1) is 11.4 Å². The molecule has 2 saturated heterocycles. The minimum atomic E-state index is -3.51. The molecule has 0 bridgehead atoms. The Hall–Kier alpha value is -0.910. The lowest BCUT2D eigenvalue weighted by Gasteiger charge is -2.32. The summed E-state index contributed by atoms with van der Waals surface area (Å²) >= 11 is 0. The maximum absolute atomic E-state index is 13.3. The minimum absolute atomic E-state index is 0. The Kier molecular flexibility index (Phi) is 9.23. The number of benzene rings is 1. The molecule has 2 aliphatic heterocycles. The highest BCUT2D eigenvalue weighted by Crippen LogP contribution is 2.36. The zero-order valence-electron chi connectivity index (χ0n) is 19.4. The molecule has 180 valence electrons. The van der Waals surface area contributed by atoms with E-state index in [1.54, 1.807) is 10.4 Å². The SMILES string of the molecule is CCNC(=NCc1ccccc1S(=O)(=O)N1CCN(C)CC1)N1CC2CCCCC2C1.I. The quantitative estimate of drug-likeness (QED) is 0.333. The van der Waals surface area contributed by atoms with Crippen LogP contribution in [0.4, 0.5) is 0 Å². The first-order valence-corrected chi connectivity index (χ1v) is 13.2. The molecule has 7 nitrogen and oxygen atoms in total. The summed E-state index contributed by atoms with van der Waals surface area (Å²) in [4.78, 5) is 9.85. The second kappa shape index (κ2) is 11.5. The maximum atomic E-state index is 13.3. The van der Waals surface area contributed by atoms with Gasteiger partial charge in [0.15, 0.2) is 5.96 Å². The molecule has 1 aromatic carbocycles. The number of fused-ring (bicyclic) bond motifs is 1. The van der Waals surface area contributed by atoms with Gasteiger partial charge in [0.25, 0.3) is 0 Å². The van der Waals surface area contributed by atoms with Crippen molar-refractivity contribution in [1.29, 1.82) is 0 Å². The van der Waals surface area contributed by atoms with Crippen LogP contribution in [0.25, 0.3) is 0 Å². The molecule has 2 atom stereocenters. The third-order valence-corrected chi connectivity index (χ3v) is 9.06. The van der Waals surface area contributed by atoms with Gasteiger partial charge in [0.2, 0.25) is 10.0 Å². The highest BCUT2D eigenvalue weighted by atomic mass is 127. The summed E-state index contributed by atoms with van der Waals surface area (Å²) < 4.78 is 28.3. The highest BCUT2D eigenvalue weighted by molar-refractivity contribution is 14.0. The summed E-state index contributed by atoms with van der Waals surface area (Å²) in [6.07, 6.45) is 5.35. The van der Waals surface area contributed by atoms with Crippen LogP contribution in [0, 0.1) is 11.8 Å². The van der Waals surface area contributed by atoms with Crippen LogP contribution in [-0.4, -0.2) is 81.3 Å². The number of nitrogens with zero attached hydrogens (tertiary/aromatic N) is 4. The van der Waals surface area contributed by atoms with Gasteiger partial charge in [0, 0.05) is 45.8 Å². The summed E-state index contributed by atoms with van der Waals surface area (Å²) in [6, 6.07) is 7.35. The van der Waals surface area contributed by atoms with Gasteiger partial charge in [-0.1, -0.05) is 31.0 Å². The van der Waals surface area contributed by atoms with Crippen LogP contribution in [0.1, 0.15) is 38.2 Å². The number of hydrogen-bond acceptors (Lipinski definition) is 4. The molecule has 0 amide bonds. The van der Waals surface area contributed by atoms with E-state index in [-0.39, 0.29) is 24.0 Å². The number of likely N-dealkylation sites (tertiary alicyclic amines) is 1. The van der Waals surface area contributed by atoms with Gasteiger partial charge in [-0.2, -0.15) is 4.31 Å². The molecule has 4 rings (SSSR count). The number of aliphatic imine (C=N–C) groups is 1. The molecule has 32 heavy (non-hydrogen) atoms.